The molecule has 1 aromatic rings. The van der Waals surface area contributed by atoms with Crippen molar-refractivity contribution in [3.05, 3.63) is 28.3 Å². The Bertz CT molecular complexity index is 493. The summed E-state index contributed by atoms with van der Waals surface area (Å²) in [4.78, 5) is 12.8. The van der Waals surface area contributed by atoms with Crippen molar-refractivity contribution in [2.24, 2.45) is 0 Å². The second-order valence-electron chi connectivity index (χ2n) is 5.16. The van der Waals surface area contributed by atoms with Crippen LogP contribution in [0, 0.1) is 6.92 Å². The smallest absolute Gasteiger partial charge is 0.183 e. The molecule has 0 atom stereocenters. The number of halogens is 2. The number of hydrogen-bond acceptors (Lipinski definition) is 2. The molecule has 1 saturated carbocycles. The molecule has 0 heterocycles. The zero-order valence-corrected chi connectivity index (χ0v) is 13.6. The molecule has 19 heavy (non-hydrogen) atoms. The largest absolute Gasteiger partial charge is 0.496 e. The van der Waals surface area contributed by atoms with Crippen molar-refractivity contribution in [3.8, 4) is 5.75 Å². The van der Waals surface area contributed by atoms with E-state index in [2.05, 4.69) is 15.9 Å². The van der Waals surface area contributed by atoms with E-state index in [0.29, 0.717) is 16.3 Å². The van der Waals surface area contributed by atoms with Crippen molar-refractivity contribution in [1.29, 1.82) is 0 Å². The van der Waals surface area contributed by atoms with Gasteiger partial charge in [-0.05, 0) is 37.5 Å². The fraction of sp³-hybridized carbons (Fsp3) is 0.533. The molecule has 0 N–H and O–H groups in total. The number of Topliss-reactive ketones (excluding diaryl/α,β-unsaturated/α-hetero) is 1. The molecule has 2 nitrogen and oxygen atoms in total. The summed E-state index contributed by atoms with van der Waals surface area (Å²) in [5, 5.41) is 0.577. The molecule has 1 aliphatic carbocycles. The third-order valence-corrected chi connectivity index (χ3v) is 5.11. The Morgan fingerprint density at radius 3 is 2.53 bits per heavy atom. The first-order chi connectivity index (χ1) is 8.98. The quantitative estimate of drug-likeness (QED) is 0.573. The minimum Gasteiger partial charge on any atom is -0.496 e. The lowest BCUT2D eigenvalue weighted by atomic mass is 9.83. The summed E-state index contributed by atoms with van der Waals surface area (Å²) in [7, 11) is 1.59. The average Bonchev–Trinajstić information content (AvgIpc) is 2.38. The van der Waals surface area contributed by atoms with E-state index in [1.165, 1.54) is 6.42 Å². The summed E-state index contributed by atoms with van der Waals surface area (Å²) in [5.74, 6) is 0.730. The number of carbonyl (C=O) groups excluding carboxylic acids is 1. The van der Waals surface area contributed by atoms with E-state index in [-0.39, 0.29) is 5.78 Å². The fourth-order valence-electron chi connectivity index (χ4n) is 2.75. The molecule has 2 rings (SSSR count). The van der Waals surface area contributed by atoms with Gasteiger partial charge in [-0.25, -0.2) is 0 Å². The molecule has 1 aromatic carbocycles. The number of methoxy groups -OCH3 is 1. The molecule has 1 fully saturated rings. The molecule has 0 radical (unpaired) electrons. The molecule has 104 valence electrons. The van der Waals surface area contributed by atoms with Crippen LogP contribution in [0.4, 0.5) is 0 Å². The van der Waals surface area contributed by atoms with Gasteiger partial charge in [0.1, 0.15) is 5.75 Å². The second kappa shape index (κ2) is 5.84. The van der Waals surface area contributed by atoms with Crippen molar-refractivity contribution in [1.82, 2.24) is 0 Å². The highest BCUT2D eigenvalue weighted by molar-refractivity contribution is 9.10. The normalized spacial score (nSPS) is 18.1. The van der Waals surface area contributed by atoms with Gasteiger partial charge in [0.25, 0.3) is 0 Å². The molecular weight excluding hydrogens is 328 g/mol. The maximum atomic E-state index is 12.8. The Balaban J connectivity index is 2.43. The molecule has 0 saturated heterocycles. The summed E-state index contributed by atoms with van der Waals surface area (Å²) in [6.07, 6.45) is 5.12. The van der Waals surface area contributed by atoms with Gasteiger partial charge in [0, 0.05) is 5.02 Å². The van der Waals surface area contributed by atoms with Gasteiger partial charge in [0.05, 0.1) is 17.0 Å². The van der Waals surface area contributed by atoms with Gasteiger partial charge in [-0.15, -0.1) is 0 Å². The highest BCUT2D eigenvalue weighted by Crippen LogP contribution is 2.41. The third-order valence-electron chi connectivity index (χ3n) is 3.74. The Morgan fingerprint density at radius 2 is 1.95 bits per heavy atom. The monoisotopic (exact) mass is 344 g/mol. The van der Waals surface area contributed by atoms with Crippen molar-refractivity contribution in [3.63, 3.8) is 0 Å². The van der Waals surface area contributed by atoms with Crippen LogP contribution in [0.3, 0.4) is 0 Å². The lowest BCUT2D eigenvalue weighted by Crippen LogP contribution is -2.34. The van der Waals surface area contributed by atoms with E-state index >= 15 is 0 Å². The minimum atomic E-state index is -0.449. The Kier molecular flexibility index (Phi) is 4.57. The first-order valence-corrected chi connectivity index (χ1v) is 7.73. The predicted molar refractivity (Wildman–Crippen MR) is 81.8 cm³/mol. The van der Waals surface area contributed by atoms with Crippen molar-refractivity contribution >= 4 is 33.3 Å². The Hall–Kier alpha value is -0.540. The number of hydrogen-bond donors (Lipinski definition) is 0. The van der Waals surface area contributed by atoms with Gasteiger partial charge >= 0.3 is 0 Å². The number of aryl methyl sites for hydroxylation is 1. The van der Waals surface area contributed by atoms with Crippen molar-refractivity contribution < 1.29 is 9.53 Å². The fourth-order valence-corrected chi connectivity index (χ4v) is 3.80. The van der Waals surface area contributed by atoms with Crippen LogP contribution in [0.2, 0.25) is 5.02 Å². The summed E-state index contributed by atoms with van der Waals surface area (Å²) in [6, 6.07) is 3.53. The van der Waals surface area contributed by atoms with Crippen LogP contribution in [0.1, 0.15) is 48.0 Å². The van der Waals surface area contributed by atoms with Crippen LogP contribution in [0.15, 0.2) is 12.1 Å². The number of ketones is 1. The summed E-state index contributed by atoms with van der Waals surface area (Å²) < 4.78 is 4.94. The molecule has 0 unspecified atom stereocenters. The van der Waals surface area contributed by atoms with E-state index in [4.69, 9.17) is 16.3 Å². The van der Waals surface area contributed by atoms with Crippen LogP contribution < -0.4 is 4.74 Å². The maximum Gasteiger partial charge on any atom is 0.183 e. The van der Waals surface area contributed by atoms with Crippen LogP contribution in [0.25, 0.3) is 0 Å². The molecule has 0 aromatic heterocycles. The van der Waals surface area contributed by atoms with E-state index in [1.54, 1.807) is 13.2 Å². The third kappa shape index (κ3) is 2.97. The van der Waals surface area contributed by atoms with Crippen LogP contribution in [-0.2, 0) is 0 Å². The molecule has 0 spiro atoms. The van der Waals surface area contributed by atoms with Crippen molar-refractivity contribution in [2.45, 2.75) is 43.4 Å². The first-order valence-electron chi connectivity index (χ1n) is 6.56. The van der Waals surface area contributed by atoms with Crippen molar-refractivity contribution in [2.75, 3.05) is 7.11 Å². The molecule has 0 amide bonds. The van der Waals surface area contributed by atoms with E-state index in [1.807, 2.05) is 13.0 Å². The summed E-state index contributed by atoms with van der Waals surface area (Å²) in [5.41, 5.74) is 1.48. The van der Waals surface area contributed by atoms with Gasteiger partial charge in [-0.2, -0.15) is 0 Å². The number of carbonyl (C=O) groups is 1. The van der Waals surface area contributed by atoms with E-state index in [0.717, 1.165) is 31.2 Å². The molecule has 1 aliphatic rings. The standard InChI is InChI=1S/C15H18BrClO2/c1-10-8-11(17)9-12(13(10)19-2)14(18)15(16)6-4-3-5-7-15/h8-9H,3-7H2,1-2H3. The van der Waals surface area contributed by atoms with Gasteiger partial charge in [0.15, 0.2) is 5.78 Å². The number of rotatable bonds is 3. The molecule has 4 heteroatoms. The molecule has 0 bridgehead atoms. The number of ether oxygens (including phenoxy) is 1. The SMILES string of the molecule is COc1c(C)cc(Cl)cc1C(=O)C1(Br)CCCCC1. The van der Waals surface area contributed by atoms with Crippen LogP contribution in [0.5, 0.6) is 5.75 Å². The molecular formula is C15H18BrClO2. The number of alkyl halides is 1. The van der Waals surface area contributed by atoms with Crippen LogP contribution >= 0.6 is 27.5 Å². The summed E-state index contributed by atoms with van der Waals surface area (Å²) in [6.45, 7) is 1.91. The van der Waals surface area contributed by atoms with Gasteiger partial charge in [0.2, 0.25) is 0 Å². The van der Waals surface area contributed by atoms with Gasteiger partial charge in [-0.1, -0.05) is 46.8 Å². The highest BCUT2D eigenvalue weighted by atomic mass is 79.9. The topological polar surface area (TPSA) is 26.3 Å². The predicted octanol–water partition coefficient (Wildman–Crippen LogP) is 4.94. The minimum absolute atomic E-state index is 0.0923. The molecule has 0 aliphatic heterocycles. The van der Waals surface area contributed by atoms with E-state index in [9.17, 15) is 4.79 Å². The average molecular weight is 346 g/mol. The van der Waals surface area contributed by atoms with Gasteiger partial charge < -0.3 is 4.74 Å². The lowest BCUT2D eigenvalue weighted by Gasteiger charge is -2.30. The second-order valence-corrected chi connectivity index (χ2v) is 7.11. The highest BCUT2D eigenvalue weighted by Gasteiger charge is 2.38. The zero-order valence-electron chi connectivity index (χ0n) is 11.3. The lowest BCUT2D eigenvalue weighted by molar-refractivity contribution is 0.0920. The van der Waals surface area contributed by atoms with E-state index < -0.39 is 4.32 Å². The maximum absolute atomic E-state index is 12.8. The zero-order chi connectivity index (χ0) is 14.0. The summed E-state index contributed by atoms with van der Waals surface area (Å²) >= 11 is 9.75. The Labute approximate surface area is 127 Å². The van der Waals surface area contributed by atoms with Crippen LogP contribution in [-0.4, -0.2) is 17.2 Å². The first kappa shape index (κ1) is 14.9. The van der Waals surface area contributed by atoms with Gasteiger partial charge in [-0.3, -0.25) is 4.79 Å². The number of benzene rings is 1. The Morgan fingerprint density at radius 1 is 1.32 bits per heavy atom.